The van der Waals surface area contributed by atoms with Gasteiger partial charge < -0.3 is 0 Å². The minimum atomic E-state index is -4.90. The van der Waals surface area contributed by atoms with Crippen LogP contribution in [0.5, 0.6) is 0 Å². The van der Waals surface area contributed by atoms with Gasteiger partial charge in [0.05, 0.1) is 0 Å². The molecule has 0 spiro atoms. The normalized spacial score (nSPS) is 14.1. The first-order chi connectivity index (χ1) is 26.6. The number of hydrogen-bond acceptors (Lipinski definition) is 0. The molecule has 0 unspecified atom stereocenters. The third-order valence-corrected chi connectivity index (χ3v) is 28.8. The number of benzene rings is 6. The molecule has 0 saturated carbocycles. The van der Waals surface area contributed by atoms with Gasteiger partial charge in [-0.2, -0.15) is 0 Å². The SMILES string of the molecule is [CH2]=[Zr]([CH2]c1ccc(Cl)cc1)([CH2]c1ccc(Cl)cc1)([C]1=CC=CC1)[c]1c2c(cc(C(C)(C)C)c1-c1ccccc1)-c1cc(C(C)(C)C)c(-c3ccccc3)cc1C2. The Bertz CT molecular complexity index is 2520. The molecule has 0 heterocycles. The fraction of sp³-hybridized carbons (Fsp3) is 0.226. The molecule has 56 heavy (non-hydrogen) atoms. The molecule has 0 amide bonds. The van der Waals surface area contributed by atoms with E-state index in [4.69, 9.17) is 27.4 Å². The van der Waals surface area contributed by atoms with Crippen LogP contribution in [0.4, 0.5) is 0 Å². The fourth-order valence-electron chi connectivity index (χ4n) is 9.83. The Morgan fingerprint density at radius 3 is 1.61 bits per heavy atom. The average Bonchev–Trinajstić information content (AvgIpc) is 3.85. The molecule has 0 N–H and O–H groups in total. The van der Waals surface area contributed by atoms with Crippen molar-refractivity contribution in [1.29, 1.82) is 0 Å². The molecule has 2 aliphatic rings. The van der Waals surface area contributed by atoms with E-state index in [1.165, 1.54) is 73.3 Å². The first kappa shape index (κ1) is 39.0. The zero-order valence-electron chi connectivity index (χ0n) is 33.6. The molecule has 2 aliphatic carbocycles. The molecule has 6 aromatic rings. The first-order valence-corrected chi connectivity index (χ1v) is 28.4. The Morgan fingerprint density at radius 1 is 0.589 bits per heavy atom. The molecular weight excluding hydrogens is 799 g/mol. The summed E-state index contributed by atoms with van der Waals surface area (Å²) >= 11 is 8.26. The van der Waals surface area contributed by atoms with Crippen LogP contribution in [0.1, 0.15) is 81.3 Å². The fourth-order valence-corrected chi connectivity index (χ4v) is 26.9. The van der Waals surface area contributed by atoms with Gasteiger partial charge >= 0.3 is 348 Å². The third kappa shape index (κ3) is 7.04. The molecule has 8 rings (SSSR count). The number of hydrogen-bond donors (Lipinski definition) is 0. The van der Waals surface area contributed by atoms with Gasteiger partial charge in [-0.1, -0.05) is 0 Å². The minimum absolute atomic E-state index is 0.0530. The Kier molecular flexibility index (Phi) is 10.1. The van der Waals surface area contributed by atoms with Gasteiger partial charge in [0.2, 0.25) is 0 Å². The Morgan fingerprint density at radius 2 is 1.11 bits per heavy atom. The summed E-state index contributed by atoms with van der Waals surface area (Å²) in [7, 11) is 0. The van der Waals surface area contributed by atoms with Crippen LogP contribution in [0.15, 0.2) is 149 Å². The number of halogens is 2. The molecule has 6 aromatic carbocycles. The summed E-state index contributed by atoms with van der Waals surface area (Å²) in [5.74, 6) is 0. The number of fused-ring (bicyclic) bond motifs is 3. The van der Waals surface area contributed by atoms with Crippen molar-refractivity contribution in [2.24, 2.45) is 0 Å². The summed E-state index contributed by atoms with van der Waals surface area (Å²) < 4.78 is 10.8. The Labute approximate surface area is 345 Å². The van der Waals surface area contributed by atoms with Crippen LogP contribution in [-0.4, -0.2) is 4.21 Å². The number of rotatable bonds is 8. The topological polar surface area (TPSA) is 0 Å². The van der Waals surface area contributed by atoms with Crippen LogP contribution in [-0.2, 0) is 43.8 Å². The number of allylic oxidation sites excluding steroid dienone is 4. The summed E-state index contributed by atoms with van der Waals surface area (Å²) in [4.78, 5) is 0. The summed E-state index contributed by atoms with van der Waals surface area (Å²) in [5, 5.41) is 1.51. The molecule has 3 heteroatoms. The average molecular weight is 851 g/mol. The van der Waals surface area contributed by atoms with E-state index in [-0.39, 0.29) is 10.8 Å². The van der Waals surface area contributed by atoms with Crippen LogP contribution in [0.2, 0.25) is 10.0 Å². The van der Waals surface area contributed by atoms with Crippen molar-refractivity contribution in [1.82, 2.24) is 0 Å². The molecule has 0 aliphatic heterocycles. The maximum atomic E-state index is 6.58. The summed E-state index contributed by atoms with van der Waals surface area (Å²) in [6.45, 7) is 14.2. The second kappa shape index (κ2) is 14.5. The van der Waals surface area contributed by atoms with E-state index >= 15 is 0 Å². The van der Waals surface area contributed by atoms with Gasteiger partial charge in [-0.15, -0.1) is 0 Å². The van der Waals surface area contributed by atoms with Gasteiger partial charge in [-0.25, -0.2) is 0 Å². The standard InChI is InChI=1S/C33H33.2C7H6Cl.C5H5.CH2.Zr/c1-32(2,3)30-20-26-24(18-28(30)22-13-9-7-10-14-22)17-25-19-29(23-15-11-8-12-16-23)31(21-27(25)26)33(4,5)6;2*1-6-2-4-7(8)5-3-6;1-2-4-5-3-1;;/h7-16,18,20-21H,17H2,1-6H3;2*2-5H,1H2;1-3H,4H2;1H2;. The molecule has 0 nitrogen and oxygen atoms in total. The van der Waals surface area contributed by atoms with E-state index in [0.29, 0.717) is 0 Å². The van der Waals surface area contributed by atoms with Crippen molar-refractivity contribution >= 4 is 30.7 Å². The van der Waals surface area contributed by atoms with Crippen molar-refractivity contribution < 1.29 is 18.3 Å². The van der Waals surface area contributed by atoms with Crippen molar-refractivity contribution in [3.63, 3.8) is 0 Å². The Balaban J connectivity index is 1.55. The quantitative estimate of drug-likeness (QED) is 0.143. The maximum absolute atomic E-state index is 6.58. The molecular formula is C53H52Cl2Zr. The van der Waals surface area contributed by atoms with E-state index in [2.05, 4.69) is 187 Å². The van der Waals surface area contributed by atoms with Gasteiger partial charge in [0, 0.05) is 0 Å². The van der Waals surface area contributed by atoms with E-state index in [1.54, 1.807) is 0 Å². The second-order valence-corrected chi connectivity index (χ2v) is 33.5. The van der Waals surface area contributed by atoms with Crippen molar-refractivity contribution in [3.05, 3.63) is 192 Å². The summed E-state index contributed by atoms with van der Waals surface area (Å²) in [5.41, 5.74) is 16.0. The van der Waals surface area contributed by atoms with Gasteiger partial charge in [0.25, 0.3) is 0 Å². The molecule has 282 valence electrons. The predicted octanol–water partition coefficient (Wildman–Crippen LogP) is 14.5. The molecule has 0 fully saturated rings. The van der Waals surface area contributed by atoms with E-state index in [0.717, 1.165) is 31.1 Å². The first-order valence-electron chi connectivity index (χ1n) is 20.0. The molecule has 0 saturated heterocycles. The van der Waals surface area contributed by atoms with Gasteiger partial charge in [-0.3, -0.25) is 0 Å². The third-order valence-electron chi connectivity index (χ3n) is 12.5. The predicted molar refractivity (Wildman–Crippen MR) is 242 cm³/mol. The molecule has 0 aromatic heterocycles. The summed E-state index contributed by atoms with van der Waals surface area (Å²) in [6.07, 6.45) is 8.87. The van der Waals surface area contributed by atoms with Gasteiger partial charge in [0.15, 0.2) is 0 Å². The molecule has 0 atom stereocenters. The van der Waals surface area contributed by atoms with Crippen LogP contribution >= 0.6 is 23.2 Å². The van der Waals surface area contributed by atoms with E-state index in [9.17, 15) is 0 Å². The van der Waals surface area contributed by atoms with Crippen molar-refractivity contribution in [2.75, 3.05) is 0 Å². The van der Waals surface area contributed by atoms with Crippen molar-refractivity contribution in [3.8, 4) is 33.4 Å². The van der Waals surface area contributed by atoms with Gasteiger partial charge in [0.1, 0.15) is 0 Å². The summed E-state index contributed by atoms with van der Waals surface area (Å²) in [6, 6.07) is 47.1. The van der Waals surface area contributed by atoms with Crippen LogP contribution in [0.25, 0.3) is 33.4 Å². The van der Waals surface area contributed by atoms with E-state index in [1.807, 2.05) is 0 Å². The van der Waals surface area contributed by atoms with Crippen molar-refractivity contribution in [2.45, 2.75) is 73.5 Å². The Hall–Kier alpha value is -3.87. The van der Waals surface area contributed by atoms with Gasteiger partial charge in [-0.05, 0) is 0 Å². The monoisotopic (exact) mass is 848 g/mol. The van der Waals surface area contributed by atoms with E-state index < -0.39 is 18.3 Å². The van der Waals surface area contributed by atoms with Crippen LogP contribution in [0.3, 0.4) is 0 Å². The van der Waals surface area contributed by atoms with Crippen LogP contribution < -0.4 is 3.27 Å². The second-order valence-electron chi connectivity index (χ2n) is 18.5. The zero-order valence-corrected chi connectivity index (χ0v) is 37.6. The molecule has 0 radical (unpaired) electrons. The van der Waals surface area contributed by atoms with Crippen LogP contribution in [0, 0.1) is 0 Å². The molecule has 0 bridgehead atoms. The zero-order chi connectivity index (χ0) is 39.5.